The minimum Gasteiger partial charge on any atom is -0.479 e. The van der Waals surface area contributed by atoms with Crippen LogP contribution in [0.3, 0.4) is 0 Å². The van der Waals surface area contributed by atoms with E-state index in [0.717, 1.165) is 13.0 Å². The summed E-state index contributed by atoms with van der Waals surface area (Å²) in [6.45, 7) is 1.80. The van der Waals surface area contributed by atoms with Crippen LogP contribution in [-0.4, -0.2) is 45.3 Å². The van der Waals surface area contributed by atoms with Crippen LogP contribution < -0.4 is 10.1 Å². The quantitative estimate of drug-likeness (QED) is 0.493. The predicted molar refractivity (Wildman–Crippen MR) is 79.5 cm³/mol. The van der Waals surface area contributed by atoms with Gasteiger partial charge in [0.1, 0.15) is 0 Å². The van der Waals surface area contributed by atoms with Gasteiger partial charge in [-0.15, -0.1) is 0 Å². The summed E-state index contributed by atoms with van der Waals surface area (Å²) in [6, 6.07) is 3.69. The Hall–Kier alpha value is -2.39. The first-order valence-corrected chi connectivity index (χ1v) is 6.76. The van der Waals surface area contributed by atoms with E-state index in [1.54, 1.807) is 0 Å². The number of aliphatic hydroxyl groups is 1. The number of halogens is 1. The van der Waals surface area contributed by atoms with Crippen LogP contribution in [0.2, 0.25) is 5.02 Å². The lowest BCUT2D eigenvalue weighted by Crippen LogP contribution is -2.49. The lowest BCUT2D eigenvalue weighted by molar-refractivity contribution is -0.386. The highest BCUT2D eigenvalue weighted by atomic mass is 35.5. The Bertz CT molecular complexity index is 633. The summed E-state index contributed by atoms with van der Waals surface area (Å²) in [5.41, 5.74) is -2.54. The Labute approximate surface area is 136 Å². The zero-order chi connectivity index (χ0) is 17.8. The molecule has 0 spiro atoms. The van der Waals surface area contributed by atoms with E-state index < -0.39 is 40.7 Å². The van der Waals surface area contributed by atoms with Crippen molar-refractivity contribution in [2.45, 2.75) is 25.6 Å². The maximum absolute atomic E-state index is 11.8. The molecule has 0 aromatic heterocycles. The van der Waals surface area contributed by atoms with Crippen LogP contribution in [0.5, 0.6) is 5.75 Å². The van der Waals surface area contributed by atoms with Gasteiger partial charge in [-0.3, -0.25) is 14.9 Å². The number of nitro groups is 1. The van der Waals surface area contributed by atoms with Crippen LogP contribution in [0.4, 0.5) is 5.69 Å². The highest BCUT2D eigenvalue weighted by molar-refractivity contribution is 6.30. The van der Waals surface area contributed by atoms with Gasteiger partial charge in [0.05, 0.1) is 11.5 Å². The van der Waals surface area contributed by atoms with E-state index in [-0.39, 0.29) is 10.8 Å². The van der Waals surface area contributed by atoms with Crippen molar-refractivity contribution in [3.8, 4) is 5.75 Å². The molecule has 1 rings (SSSR count). The number of benzene rings is 1. The molecule has 126 valence electrons. The molecule has 0 aliphatic carbocycles. The van der Waals surface area contributed by atoms with Gasteiger partial charge in [0, 0.05) is 11.1 Å². The smallest absolute Gasteiger partial charge is 0.337 e. The maximum Gasteiger partial charge on any atom is 0.337 e. The number of carbonyl (C=O) groups excluding carboxylic acids is 1. The minimum absolute atomic E-state index is 0.138. The number of nitrogens with zero attached hydrogens (tertiary/aromatic N) is 1. The molecule has 0 radical (unpaired) electrons. The molecule has 0 aliphatic rings. The standard InChI is InChI=1S/C13H15ClN2O7/c1-7(11(17)15-6-13(2,20)12(18)19)23-10-4-3-8(14)5-9(10)16(21)22/h3-5,7,20H,6H2,1-2H3,(H,15,17)(H,18,19). The van der Waals surface area contributed by atoms with E-state index in [1.807, 2.05) is 0 Å². The largest absolute Gasteiger partial charge is 0.479 e. The van der Waals surface area contributed by atoms with E-state index >= 15 is 0 Å². The van der Waals surface area contributed by atoms with Crippen molar-refractivity contribution in [3.63, 3.8) is 0 Å². The normalized spacial score (nSPS) is 14.4. The van der Waals surface area contributed by atoms with Crippen LogP contribution >= 0.6 is 11.6 Å². The van der Waals surface area contributed by atoms with Crippen LogP contribution in [0, 0.1) is 10.1 Å². The third-order valence-corrected chi connectivity index (χ3v) is 3.09. The molecule has 10 heteroatoms. The molecular formula is C13H15ClN2O7. The molecule has 0 bridgehead atoms. The third kappa shape index (κ3) is 5.08. The van der Waals surface area contributed by atoms with Crippen molar-refractivity contribution in [1.29, 1.82) is 0 Å². The molecule has 1 aromatic carbocycles. The molecule has 2 atom stereocenters. The lowest BCUT2D eigenvalue weighted by Gasteiger charge is -2.20. The number of nitrogens with one attached hydrogen (secondary N) is 1. The van der Waals surface area contributed by atoms with E-state index in [2.05, 4.69) is 5.32 Å². The van der Waals surface area contributed by atoms with Gasteiger partial charge in [-0.2, -0.15) is 0 Å². The molecule has 2 unspecified atom stereocenters. The topological polar surface area (TPSA) is 139 Å². The number of carboxylic acid groups (broad SMARTS) is 1. The second-order valence-corrected chi connectivity index (χ2v) is 5.36. The molecular weight excluding hydrogens is 332 g/mol. The summed E-state index contributed by atoms with van der Waals surface area (Å²) in [6.07, 6.45) is -1.15. The Balaban J connectivity index is 2.76. The number of hydrogen-bond acceptors (Lipinski definition) is 6. The van der Waals surface area contributed by atoms with Crippen molar-refractivity contribution in [3.05, 3.63) is 33.3 Å². The minimum atomic E-state index is -2.14. The van der Waals surface area contributed by atoms with Gasteiger partial charge in [-0.05, 0) is 26.0 Å². The molecule has 23 heavy (non-hydrogen) atoms. The zero-order valence-electron chi connectivity index (χ0n) is 12.3. The number of nitro benzene ring substituents is 1. The second kappa shape index (κ2) is 7.25. The predicted octanol–water partition coefficient (Wildman–Crippen LogP) is 0.967. The van der Waals surface area contributed by atoms with Crippen LogP contribution in [0.1, 0.15) is 13.8 Å². The van der Waals surface area contributed by atoms with Gasteiger partial charge in [0.25, 0.3) is 5.91 Å². The average Bonchev–Trinajstić information content (AvgIpc) is 2.46. The molecule has 9 nitrogen and oxygen atoms in total. The Kier molecular flexibility index (Phi) is 5.88. The third-order valence-electron chi connectivity index (χ3n) is 2.86. The van der Waals surface area contributed by atoms with Gasteiger partial charge in [0.15, 0.2) is 17.5 Å². The van der Waals surface area contributed by atoms with Crippen LogP contribution in [0.15, 0.2) is 18.2 Å². The molecule has 3 N–H and O–H groups in total. The van der Waals surface area contributed by atoms with E-state index in [1.165, 1.54) is 19.1 Å². The van der Waals surface area contributed by atoms with E-state index in [0.29, 0.717) is 0 Å². The van der Waals surface area contributed by atoms with E-state index in [9.17, 15) is 24.8 Å². The lowest BCUT2D eigenvalue weighted by atomic mass is 10.1. The molecule has 1 aromatic rings. The fraction of sp³-hybridized carbons (Fsp3) is 0.385. The first-order chi connectivity index (χ1) is 10.5. The highest BCUT2D eigenvalue weighted by Gasteiger charge is 2.31. The summed E-state index contributed by atoms with van der Waals surface area (Å²) in [4.78, 5) is 32.8. The number of hydrogen-bond donors (Lipinski definition) is 3. The summed E-state index contributed by atoms with van der Waals surface area (Å²) in [5, 5.41) is 31.5. The molecule has 0 saturated heterocycles. The second-order valence-electron chi connectivity index (χ2n) is 4.93. The van der Waals surface area contributed by atoms with Crippen molar-refractivity contribution in [2.24, 2.45) is 0 Å². The first-order valence-electron chi connectivity index (χ1n) is 6.38. The fourth-order valence-corrected chi connectivity index (χ4v) is 1.62. The van der Waals surface area contributed by atoms with Crippen molar-refractivity contribution in [2.75, 3.05) is 6.54 Å². The Morgan fingerprint density at radius 2 is 2.13 bits per heavy atom. The van der Waals surface area contributed by atoms with Crippen molar-refractivity contribution in [1.82, 2.24) is 5.32 Å². The zero-order valence-corrected chi connectivity index (χ0v) is 13.0. The first kappa shape index (κ1) is 18.7. The van der Waals surface area contributed by atoms with Gasteiger partial charge in [-0.1, -0.05) is 11.6 Å². The van der Waals surface area contributed by atoms with Gasteiger partial charge in [0.2, 0.25) is 0 Å². The molecule has 0 heterocycles. The Morgan fingerprint density at radius 3 is 2.65 bits per heavy atom. The molecule has 1 amide bonds. The van der Waals surface area contributed by atoms with E-state index in [4.69, 9.17) is 21.4 Å². The van der Waals surface area contributed by atoms with Gasteiger partial charge < -0.3 is 20.3 Å². The van der Waals surface area contributed by atoms with Crippen molar-refractivity contribution >= 4 is 29.2 Å². The SMILES string of the molecule is CC(Oc1ccc(Cl)cc1[N+](=O)[O-])C(=O)NCC(C)(O)C(=O)O. The molecule has 0 aliphatic heterocycles. The highest BCUT2D eigenvalue weighted by Crippen LogP contribution is 2.30. The number of amides is 1. The Morgan fingerprint density at radius 1 is 1.52 bits per heavy atom. The molecule has 0 fully saturated rings. The monoisotopic (exact) mass is 346 g/mol. The van der Waals surface area contributed by atoms with Gasteiger partial charge >= 0.3 is 11.7 Å². The summed E-state index contributed by atoms with van der Waals surface area (Å²) < 4.78 is 5.21. The summed E-state index contributed by atoms with van der Waals surface area (Å²) in [7, 11) is 0. The number of carbonyl (C=O) groups is 2. The van der Waals surface area contributed by atoms with Gasteiger partial charge in [-0.25, -0.2) is 4.79 Å². The number of carboxylic acids is 1. The average molecular weight is 347 g/mol. The maximum atomic E-state index is 11.8. The number of rotatable bonds is 7. The van der Waals surface area contributed by atoms with Crippen molar-refractivity contribution < 1.29 is 29.5 Å². The van der Waals surface area contributed by atoms with Crippen LogP contribution in [-0.2, 0) is 9.59 Å². The van der Waals surface area contributed by atoms with Crippen LogP contribution in [0.25, 0.3) is 0 Å². The summed E-state index contributed by atoms with van der Waals surface area (Å²) in [5.74, 6) is -2.40. The number of aliphatic carboxylic acids is 1. The fourth-order valence-electron chi connectivity index (χ4n) is 1.46. The summed E-state index contributed by atoms with van der Waals surface area (Å²) >= 11 is 5.67. The molecule has 0 saturated carbocycles. The number of ether oxygens (including phenoxy) is 1.